The van der Waals surface area contributed by atoms with Crippen molar-refractivity contribution in [3.63, 3.8) is 0 Å². The number of carbonyl (C=O) groups excluding carboxylic acids is 1. The van der Waals surface area contributed by atoms with E-state index in [0.717, 1.165) is 19.0 Å². The highest BCUT2D eigenvalue weighted by atomic mass is 19.2. The molecule has 3 rings (SSSR count). The molecule has 1 fully saturated rings. The van der Waals surface area contributed by atoms with Crippen molar-refractivity contribution in [2.24, 2.45) is 0 Å². The van der Waals surface area contributed by atoms with Crippen LogP contribution in [0.15, 0.2) is 42.5 Å². The first-order valence-electron chi connectivity index (χ1n) is 8.78. The number of amides is 1. The Kier molecular flexibility index (Phi) is 5.83. The third-order valence-electron chi connectivity index (χ3n) is 4.58. The Morgan fingerprint density at radius 2 is 2.08 bits per heavy atom. The molecule has 0 saturated carbocycles. The fourth-order valence-electron chi connectivity index (χ4n) is 3.30. The van der Waals surface area contributed by atoms with E-state index >= 15 is 0 Å². The van der Waals surface area contributed by atoms with Crippen LogP contribution in [0.1, 0.15) is 35.2 Å². The average Bonchev–Trinajstić information content (AvgIpc) is 2.65. The number of hydrogen-bond donors (Lipinski definition) is 2. The lowest BCUT2D eigenvalue weighted by Gasteiger charge is -2.33. The standard InChI is InChI=1S/C20H22F2N2O2/c1-2-26-15-5-3-4-14(10-15)20(25)24-19-12-23-9-8-16(19)13-6-7-17(21)18(22)11-13/h3-7,10-11,16,19,23H,2,8-9,12H2,1H3,(H,24,25). The third kappa shape index (κ3) is 4.19. The number of benzene rings is 2. The van der Waals surface area contributed by atoms with Crippen LogP contribution in [-0.2, 0) is 0 Å². The summed E-state index contributed by atoms with van der Waals surface area (Å²) < 4.78 is 32.3. The number of ether oxygens (including phenoxy) is 1. The van der Waals surface area contributed by atoms with E-state index in [9.17, 15) is 13.6 Å². The molecule has 1 aliphatic heterocycles. The summed E-state index contributed by atoms with van der Waals surface area (Å²) in [4.78, 5) is 12.6. The number of halogens is 2. The lowest BCUT2D eigenvalue weighted by molar-refractivity contribution is 0.0924. The van der Waals surface area contributed by atoms with Crippen LogP contribution in [0.4, 0.5) is 8.78 Å². The van der Waals surface area contributed by atoms with Crippen LogP contribution in [0.25, 0.3) is 0 Å². The van der Waals surface area contributed by atoms with Gasteiger partial charge >= 0.3 is 0 Å². The highest BCUT2D eigenvalue weighted by Crippen LogP contribution is 2.27. The molecule has 4 nitrogen and oxygen atoms in total. The molecule has 1 heterocycles. The van der Waals surface area contributed by atoms with E-state index in [0.29, 0.717) is 30.0 Å². The number of rotatable bonds is 5. The van der Waals surface area contributed by atoms with Crippen molar-refractivity contribution in [2.75, 3.05) is 19.7 Å². The van der Waals surface area contributed by atoms with Gasteiger partial charge in [0.2, 0.25) is 0 Å². The van der Waals surface area contributed by atoms with Crippen LogP contribution in [0.3, 0.4) is 0 Å². The molecule has 0 aromatic heterocycles. The van der Waals surface area contributed by atoms with E-state index in [4.69, 9.17) is 4.74 Å². The summed E-state index contributed by atoms with van der Waals surface area (Å²) in [5.74, 6) is -1.39. The monoisotopic (exact) mass is 360 g/mol. The van der Waals surface area contributed by atoms with Crippen LogP contribution in [-0.4, -0.2) is 31.6 Å². The molecule has 1 amide bonds. The fourth-order valence-corrected chi connectivity index (χ4v) is 3.30. The Hall–Kier alpha value is -2.47. The number of carbonyl (C=O) groups is 1. The van der Waals surface area contributed by atoms with Gasteiger partial charge in [-0.2, -0.15) is 0 Å². The van der Waals surface area contributed by atoms with Gasteiger partial charge in [-0.05, 0) is 55.8 Å². The zero-order valence-electron chi connectivity index (χ0n) is 14.6. The highest BCUT2D eigenvalue weighted by molar-refractivity contribution is 5.94. The predicted molar refractivity (Wildman–Crippen MR) is 95.5 cm³/mol. The van der Waals surface area contributed by atoms with Gasteiger partial charge in [-0.3, -0.25) is 4.79 Å². The molecule has 2 atom stereocenters. The van der Waals surface area contributed by atoms with Crippen molar-refractivity contribution in [1.82, 2.24) is 10.6 Å². The quantitative estimate of drug-likeness (QED) is 0.861. The van der Waals surface area contributed by atoms with E-state index in [2.05, 4.69) is 10.6 Å². The van der Waals surface area contributed by atoms with Gasteiger partial charge in [0.05, 0.1) is 6.61 Å². The van der Waals surface area contributed by atoms with Gasteiger partial charge in [0.25, 0.3) is 5.91 Å². The van der Waals surface area contributed by atoms with Crippen molar-refractivity contribution >= 4 is 5.91 Å². The molecule has 0 aliphatic carbocycles. The lowest BCUT2D eigenvalue weighted by atomic mass is 9.85. The van der Waals surface area contributed by atoms with E-state index in [1.165, 1.54) is 6.07 Å². The van der Waals surface area contributed by atoms with Gasteiger partial charge in [0, 0.05) is 24.1 Å². The fraction of sp³-hybridized carbons (Fsp3) is 0.350. The second-order valence-corrected chi connectivity index (χ2v) is 6.31. The van der Waals surface area contributed by atoms with Crippen molar-refractivity contribution in [3.8, 4) is 5.75 Å². The van der Waals surface area contributed by atoms with E-state index in [1.807, 2.05) is 6.92 Å². The minimum atomic E-state index is -0.865. The summed E-state index contributed by atoms with van der Waals surface area (Å²) in [6, 6.07) is 10.7. The largest absolute Gasteiger partial charge is 0.494 e. The van der Waals surface area contributed by atoms with E-state index < -0.39 is 11.6 Å². The van der Waals surface area contributed by atoms with E-state index in [1.54, 1.807) is 30.3 Å². The molecule has 138 valence electrons. The van der Waals surface area contributed by atoms with Crippen LogP contribution in [0, 0.1) is 11.6 Å². The van der Waals surface area contributed by atoms with Gasteiger partial charge in [-0.1, -0.05) is 12.1 Å². The molecule has 0 bridgehead atoms. The van der Waals surface area contributed by atoms with Crippen LogP contribution in [0.5, 0.6) is 5.75 Å². The minimum Gasteiger partial charge on any atom is -0.494 e. The highest BCUT2D eigenvalue weighted by Gasteiger charge is 2.28. The van der Waals surface area contributed by atoms with Crippen LogP contribution < -0.4 is 15.4 Å². The zero-order chi connectivity index (χ0) is 18.5. The smallest absolute Gasteiger partial charge is 0.251 e. The number of hydrogen-bond acceptors (Lipinski definition) is 3. The summed E-state index contributed by atoms with van der Waals surface area (Å²) in [5.41, 5.74) is 1.20. The minimum absolute atomic E-state index is 0.0784. The second kappa shape index (κ2) is 8.27. The topological polar surface area (TPSA) is 50.4 Å². The Balaban J connectivity index is 1.76. The van der Waals surface area contributed by atoms with Crippen molar-refractivity contribution in [3.05, 3.63) is 65.2 Å². The molecule has 1 saturated heterocycles. The first-order chi connectivity index (χ1) is 12.6. The average molecular weight is 360 g/mol. The Morgan fingerprint density at radius 1 is 1.23 bits per heavy atom. The van der Waals surface area contributed by atoms with Crippen molar-refractivity contribution in [1.29, 1.82) is 0 Å². The first-order valence-corrected chi connectivity index (χ1v) is 8.78. The predicted octanol–water partition coefficient (Wildman–Crippen LogP) is 3.24. The molecule has 2 aromatic rings. The molecular formula is C20H22F2N2O2. The Morgan fingerprint density at radius 3 is 2.85 bits per heavy atom. The molecule has 2 aromatic carbocycles. The molecule has 1 aliphatic rings. The lowest BCUT2D eigenvalue weighted by Crippen LogP contribution is -2.50. The molecule has 2 N–H and O–H groups in total. The molecule has 2 unspecified atom stereocenters. The normalized spacial score (nSPS) is 19.8. The molecular weight excluding hydrogens is 338 g/mol. The second-order valence-electron chi connectivity index (χ2n) is 6.31. The molecule has 0 radical (unpaired) electrons. The molecule has 26 heavy (non-hydrogen) atoms. The first kappa shape index (κ1) is 18.3. The number of nitrogens with one attached hydrogen (secondary N) is 2. The summed E-state index contributed by atoms with van der Waals surface area (Å²) in [6.45, 7) is 3.74. The maximum absolute atomic E-state index is 13.6. The maximum atomic E-state index is 13.6. The van der Waals surface area contributed by atoms with Gasteiger partial charge in [-0.25, -0.2) is 8.78 Å². The molecule has 6 heteroatoms. The third-order valence-corrected chi connectivity index (χ3v) is 4.58. The van der Waals surface area contributed by atoms with Gasteiger partial charge in [0.15, 0.2) is 11.6 Å². The van der Waals surface area contributed by atoms with Crippen LogP contribution >= 0.6 is 0 Å². The molecule has 0 spiro atoms. The summed E-state index contributed by atoms with van der Waals surface area (Å²) in [7, 11) is 0. The zero-order valence-corrected chi connectivity index (χ0v) is 14.6. The maximum Gasteiger partial charge on any atom is 0.251 e. The summed E-state index contributed by atoms with van der Waals surface area (Å²) >= 11 is 0. The van der Waals surface area contributed by atoms with Gasteiger partial charge in [-0.15, -0.1) is 0 Å². The SMILES string of the molecule is CCOc1cccc(C(=O)NC2CNCCC2c2ccc(F)c(F)c2)c1. The summed E-state index contributed by atoms with van der Waals surface area (Å²) in [5, 5.41) is 6.26. The van der Waals surface area contributed by atoms with Crippen molar-refractivity contribution in [2.45, 2.75) is 25.3 Å². The van der Waals surface area contributed by atoms with Gasteiger partial charge < -0.3 is 15.4 Å². The Bertz CT molecular complexity index is 782. The summed E-state index contributed by atoms with van der Waals surface area (Å²) in [6.07, 6.45) is 0.731. The Labute approximate surface area is 151 Å². The van der Waals surface area contributed by atoms with E-state index in [-0.39, 0.29) is 17.9 Å². The van der Waals surface area contributed by atoms with Crippen molar-refractivity contribution < 1.29 is 18.3 Å². The van der Waals surface area contributed by atoms with Gasteiger partial charge in [0.1, 0.15) is 5.75 Å². The van der Waals surface area contributed by atoms with Crippen LogP contribution in [0.2, 0.25) is 0 Å². The number of piperidine rings is 1.